The average molecular weight is 324 g/mol. The lowest BCUT2D eigenvalue weighted by Crippen LogP contribution is -2.37. The molecule has 0 fully saturated rings. The predicted molar refractivity (Wildman–Crippen MR) is 86.8 cm³/mol. The van der Waals surface area contributed by atoms with Gasteiger partial charge in [-0.15, -0.1) is 0 Å². The Labute approximate surface area is 136 Å². The molecule has 0 aromatic heterocycles. The van der Waals surface area contributed by atoms with Crippen molar-refractivity contribution in [3.05, 3.63) is 29.6 Å². The van der Waals surface area contributed by atoms with Gasteiger partial charge in [0.25, 0.3) is 0 Å². The number of hydrogen-bond acceptors (Lipinski definition) is 3. The minimum Gasteiger partial charge on any atom is -0.493 e. The summed E-state index contributed by atoms with van der Waals surface area (Å²) < 4.78 is 18.6. The molecule has 0 saturated heterocycles. The second-order valence-corrected chi connectivity index (χ2v) is 5.40. The molecule has 2 N–H and O–H groups in total. The van der Waals surface area contributed by atoms with Crippen molar-refractivity contribution in [3.63, 3.8) is 0 Å². The van der Waals surface area contributed by atoms with E-state index in [0.717, 1.165) is 12.0 Å². The van der Waals surface area contributed by atoms with Gasteiger partial charge >= 0.3 is 0 Å². The van der Waals surface area contributed by atoms with Crippen LogP contribution in [-0.2, 0) is 9.59 Å². The molecule has 0 atom stereocenters. The number of rotatable bonds is 10. The second kappa shape index (κ2) is 10.6. The highest BCUT2D eigenvalue weighted by molar-refractivity contribution is 5.84. The van der Waals surface area contributed by atoms with Gasteiger partial charge in [-0.2, -0.15) is 0 Å². The third-order valence-electron chi connectivity index (χ3n) is 3.10. The molecule has 0 heterocycles. The summed E-state index contributed by atoms with van der Waals surface area (Å²) in [5.41, 5.74) is 0.806. The van der Waals surface area contributed by atoms with Gasteiger partial charge in [-0.1, -0.05) is 6.92 Å². The highest BCUT2D eigenvalue weighted by Crippen LogP contribution is 2.16. The number of carbonyl (C=O) groups is 2. The molecular formula is C17H25FN2O3. The normalized spacial score (nSPS) is 10.2. The van der Waals surface area contributed by atoms with Crippen molar-refractivity contribution in [1.29, 1.82) is 0 Å². The second-order valence-electron chi connectivity index (χ2n) is 5.40. The summed E-state index contributed by atoms with van der Waals surface area (Å²) in [6.07, 6.45) is 2.54. The molecule has 1 rings (SSSR count). The van der Waals surface area contributed by atoms with E-state index in [-0.39, 0.29) is 24.2 Å². The lowest BCUT2D eigenvalue weighted by Gasteiger charge is -2.08. The molecule has 2 amide bonds. The van der Waals surface area contributed by atoms with Gasteiger partial charge in [0.2, 0.25) is 11.8 Å². The van der Waals surface area contributed by atoms with E-state index in [2.05, 4.69) is 10.6 Å². The van der Waals surface area contributed by atoms with Crippen molar-refractivity contribution in [2.24, 2.45) is 0 Å². The Kier molecular flexibility index (Phi) is 8.72. The minimum atomic E-state index is -0.319. The maximum absolute atomic E-state index is 13.2. The maximum atomic E-state index is 13.2. The van der Waals surface area contributed by atoms with Gasteiger partial charge in [-0.3, -0.25) is 9.59 Å². The Morgan fingerprint density at radius 1 is 1.13 bits per heavy atom. The van der Waals surface area contributed by atoms with Crippen LogP contribution in [-0.4, -0.2) is 31.5 Å². The molecule has 1 aromatic rings. The van der Waals surface area contributed by atoms with E-state index in [1.807, 2.05) is 6.92 Å². The lowest BCUT2D eigenvalue weighted by molar-refractivity contribution is -0.126. The van der Waals surface area contributed by atoms with Crippen LogP contribution < -0.4 is 15.4 Å². The molecule has 0 aliphatic rings. The SMILES string of the molecule is CCCNC(=O)CNC(=O)CCCCOc1cc(C)cc(F)c1. The summed E-state index contributed by atoms with van der Waals surface area (Å²) >= 11 is 0. The number of aryl methyl sites for hydroxylation is 1. The molecule has 0 bridgehead atoms. The molecule has 128 valence electrons. The van der Waals surface area contributed by atoms with Gasteiger partial charge < -0.3 is 15.4 Å². The largest absolute Gasteiger partial charge is 0.493 e. The van der Waals surface area contributed by atoms with Gasteiger partial charge in [0, 0.05) is 19.0 Å². The monoisotopic (exact) mass is 324 g/mol. The maximum Gasteiger partial charge on any atom is 0.239 e. The van der Waals surface area contributed by atoms with E-state index in [1.165, 1.54) is 12.1 Å². The van der Waals surface area contributed by atoms with Crippen molar-refractivity contribution in [1.82, 2.24) is 10.6 Å². The van der Waals surface area contributed by atoms with Crippen LogP contribution in [0.3, 0.4) is 0 Å². The third kappa shape index (κ3) is 8.80. The summed E-state index contributed by atoms with van der Waals surface area (Å²) in [4.78, 5) is 22.9. The first-order chi connectivity index (χ1) is 11.0. The minimum absolute atomic E-state index is 0.0118. The van der Waals surface area contributed by atoms with Gasteiger partial charge in [-0.05, 0) is 43.9 Å². The fourth-order valence-corrected chi connectivity index (χ4v) is 1.96. The number of hydrogen-bond donors (Lipinski definition) is 2. The fraction of sp³-hybridized carbons (Fsp3) is 0.529. The zero-order valence-electron chi connectivity index (χ0n) is 13.8. The van der Waals surface area contributed by atoms with Crippen LogP contribution in [0.1, 0.15) is 38.2 Å². The highest BCUT2D eigenvalue weighted by atomic mass is 19.1. The first-order valence-corrected chi connectivity index (χ1v) is 7.94. The molecule has 0 unspecified atom stereocenters. The van der Waals surface area contributed by atoms with Crippen LogP contribution in [0, 0.1) is 12.7 Å². The molecule has 0 aliphatic heterocycles. The van der Waals surface area contributed by atoms with Crippen molar-refractivity contribution in [2.45, 2.75) is 39.5 Å². The molecule has 23 heavy (non-hydrogen) atoms. The van der Waals surface area contributed by atoms with Crippen LogP contribution in [0.15, 0.2) is 18.2 Å². The summed E-state index contributed by atoms with van der Waals surface area (Å²) in [5.74, 6) is -0.150. The quantitative estimate of drug-likeness (QED) is 0.649. The average Bonchev–Trinajstić information content (AvgIpc) is 2.49. The first-order valence-electron chi connectivity index (χ1n) is 7.94. The molecule has 1 aromatic carbocycles. The number of ether oxygens (including phenoxy) is 1. The number of halogens is 1. The number of nitrogens with one attached hydrogen (secondary N) is 2. The Balaban J connectivity index is 2.10. The Bertz CT molecular complexity index is 500. The van der Waals surface area contributed by atoms with Crippen LogP contribution in [0.2, 0.25) is 0 Å². The van der Waals surface area contributed by atoms with E-state index in [9.17, 15) is 14.0 Å². The zero-order chi connectivity index (χ0) is 17.1. The van der Waals surface area contributed by atoms with E-state index >= 15 is 0 Å². The smallest absolute Gasteiger partial charge is 0.239 e. The zero-order valence-corrected chi connectivity index (χ0v) is 13.8. The van der Waals surface area contributed by atoms with Crippen LogP contribution in [0.4, 0.5) is 4.39 Å². The Hall–Kier alpha value is -2.11. The standard InChI is InChI=1S/C17H25FN2O3/c1-3-7-19-17(22)12-20-16(21)6-4-5-8-23-15-10-13(2)9-14(18)11-15/h9-11H,3-8,12H2,1-2H3,(H,19,22)(H,20,21). The van der Waals surface area contributed by atoms with E-state index < -0.39 is 0 Å². The number of carbonyl (C=O) groups excluding carboxylic acids is 2. The topological polar surface area (TPSA) is 67.4 Å². The summed E-state index contributed by atoms with van der Waals surface area (Å²) in [7, 11) is 0. The lowest BCUT2D eigenvalue weighted by atomic mass is 10.2. The van der Waals surface area contributed by atoms with Crippen molar-refractivity contribution >= 4 is 11.8 Å². The number of amides is 2. The third-order valence-corrected chi connectivity index (χ3v) is 3.10. The molecule has 6 heteroatoms. The molecule has 0 spiro atoms. The van der Waals surface area contributed by atoms with E-state index in [0.29, 0.717) is 38.2 Å². The Morgan fingerprint density at radius 2 is 1.91 bits per heavy atom. The van der Waals surface area contributed by atoms with Crippen LogP contribution >= 0.6 is 0 Å². The van der Waals surface area contributed by atoms with Crippen LogP contribution in [0.5, 0.6) is 5.75 Å². The fourth-order valence-electron chi connectivity index (χ4n) is 1.96. The molecular weight excluding hydrogens is 299 g/mol. The van der Waals surface area contributed by atoms with Crippen molar-refractivity contribution in [3.8, 4) is 5.75 Å². The van der Waals surface area contributed by atoms with Crippen LogP contribution in [0.25, 0.3) is 0 Å². The summed E-state index contributed by atoms with van der Waals surface area (Å²) in [5, 5.41) is 5.26. The molecule has 0 saturated carbocycles. The number of benzene rings is 1. The Morgan fingerprint density at radius 3 is 2.61 bits per heavy atom. The van der Waals surface area contributed by atoms with Crippen molar-refractivity contribution < 1.29 is 18.7 Å². The van der Waals surface area contributed by atoms with E-state index in [4.69, 9.17) is 4.74 Å². The molecule has 5 nitrogen and oxygen atoms in total. The van der Waals surface area contributed by atoms with Gasteiger partial charge in [0.05, 0.1) is 13.2 Å². The van der Waals surface area contributed by atoms with E-state index in [1.54, 1.807) is 13.0 Å². The van der Waals surface area contributed by atoms with Gasteiger partial charge in [0.1, 0.15) is 11.6 Å². The number of unbranched alkanes of at least 4 members (excludes halogenated alkanes) is 1. The summed E-state index contributed by atoms with van der Waals surface area (Å²) in [6, 6.07) is 4.55. The molecule has 0 radical (unpaired) electrons. The molecule has 0 aliphatic carbocycles. The predicted octanol–water partition coefficient (Wildman–Crippen LogP) is 2.33. The van der Waals surface area contributed by atoms with Gasteiger partial charge in [-0.25, -0.2) is 4.39 Å². The van der Waals surface area contributed by atoms with Crippen molar-refractivity contribution in [2.75, 3.05) is 19.7 Å². The van der Waals surface area contributed by atoms with Gasteiger partial charge in [0.15, 0.2) is 0 Å². The highest BCUT2D eigenvalue weighted by Gasteiger charge is 2.05. The summed E-state index contributed by atoms with van der Waals surface area (Å²) in [6.45, 7) is 4.82. The first kappa shape index (κ1) is 18.9.